The molecular weight excluding hydrogens is 294 g/mol. The minimum absolute atomic E-state index is 0.0249. The lowest BCUT2D eigenvalue weighted by Crippen LogP contribution is -2.31. The third kappa shape index (κ3) is 3.62. The summed E-state index contributed by atoms with van der Waals surface area (Å²) in [6.07, 6.45) is 4.54. The molecule has 0 aliphatic heterocycles. The number of hydrogen-bond donors (Lipinski definition) is 2. The standard InChI is InChI=1S/C18H19NO4/c20-17(15-9-10-16(23-15)18(21)22)19-14(11-12-5-4-6-12)13-7-2-1-3-8-13/h1-3,7-10,12,14H,4-6,11H2,(H,19,20)(H,21,22). The molecule has 0 radical (unpaired) electrons. The molecule has 0 saturated heterocycles. The van der Waals surface area contributed by atoms with Crippen LogP contribution in [0, 0.1) is 5.92 Å². The lowest BCUT2D eigenvalue weighted by molar-refractivity contribution is 0.0659. The second-order valence-corrected chi connectivity index (χ2v) is 5.94. The Bertz CT molecular complexity index is 688. The maximum Gasteiger partial charge on any atom is 0.371 e. The van der Waals surface area contributed by atoms with Crippen molar-refractivity contribution in [3.8, 4) is 0 Å². The van der Waals surface area contributed by atoms with Gasteiger partial charge in [0.05, 0.1) is 6.04 Å². The van der Waals surface area contributed by atoms with Crippen LogP contribution in [0.1, 0.15) is 58.4 Å². The summed E-state index contributed by atoms with van der Waals surface area (Å²) in [7, 11) is 0. The molecule has 1 atom stereocenters. The smallest absolute Gasteiger partial charge is 0.371 e. The van der Waals surface area contributed by atoms with Crippen LogP contribution in [0.15, 0.2) is 46.9 Å². The number of amides is 1. The van der Waals surface area contributed by atoms with Gasteiger partial charge in [0.2, 0.25) is 5.76 Å². The van der Waals surface area contributed by atoms with Crippen LogP contribution in [0.25, 0.3) is 0 Å². The fourth-order valence-corrected chi connectivity index (χ4v) is 2.83. The SMILES string of the molecule is O=C(O)c1ccc(C(=O)NC(CC2CCC2)c2ccccc2)o1. The van der Waals surface area contributed by atoms with Crippen LogP contribution in [-0.2, 0) is 0 Å². The molecule has 0 spiro atoms. The highest BCUT2D eigenvalue weighted by molar-refractivity contribution is 5.93. The van der Waals surface area contributed by atoms with Crippen LogP contribution in [0.5, 0.6) is 0 Å². The Morgan fingerprint density at radius 2 is 1.83 bits per heavy atom. The van der Waals surface area contributed by atoms with E-state index < -0.39 is 5.97 Å². The number of carboxylic acids is 1. The van der Waals surface area contributed by atoms with Gasteiger partial charge < -0.3 is 14.8 Å². The largest absolute Gasteiger partial charge is 0.475 e. The first kappa shape index (κ1) is 15.3. The molecule has 1 aromatic heterocycles. The number of rotatable bonds is 6. The molecule has 1 fully saturated rings. The van der Waals surface area contributed by atoms with Gasteiger partial charge in [0.15, 0.2) is 5.76 Å². The maximum absolute atomic E-state index is 12.4. The number of furan rings is 1. The average Bonchev–Trinajstić information content (AvgIpc) is 3.00. The predicted molar refractivity (Wildman–Crippen MR) is 84.3 cm³/mol. The summed E-state index contributed by atoms with van der Waals surface area (Å²) in [5, 5.41) is 11.8. The van der Waals surface area contributed by atoms with E-state index in [2.05, 4.69) is 5.32 Å². The molecule has 1 aliphatic carbocycles. The Morgan fingerprint density at radius 3 is 2.39 bits per heavy atom. The molecular formula is C18H19NO4. The molecule has 0 bridgehead atoms. The van der Waals surface area contributed by atoms with Crippen molar-refractivity contribution in [2.24, 2.45) is 5.92 Å². The molecule has 1 saturated carbocycles. The monoisotopic (exact) mass is 313 g/mol. The van der Waals surface area contributed by atoms with Crippen molar-refractivity contribution in [1.29, 1.82) is 0 Å². The maximum atomic E-state index is 12.4. The Balaban J connectivity index is 1.73. The highest BCUT2D eigenvalue weighted by Gasteiger charge is 2.25. The zero-order valence-electron chi connectivity index (χ0n) is 12.7. The first-order valence-corrected chi connectivity index (χ1v) is 7.82. The third-order valence-electron chi connectivity index (χ3n) is 4.34. The quantitative estimate of drug-likeness (QED) is 0.853. The second-order valence-electron chi connectivity index (χ2n) is 5.94. The Labute approximate surface area is 134 Å². The van der Waals surface area contributed by atoms with E-state index in [1.165, 1.54) is 31.4 Å². The summed E-state index contributed by atoms with van der Waals surface area (Å²) in [5.41, 5.74) is 1.05. The number of hydrogen-bond acceptors (Lipinski definition) is 3. The molecule has 120 valence electrons. The minimum Gasteiger partial charge on any atom is -0.475 e. The molecule has 2 N–H and O–H groups in total. The second kappa shape index (κ2) is 6.69. The molecule has 5 heteroatoms. The first-order valence-electron chi connectivity index (χ1n) is 7.82. The number of carbonyl (C=O) groups excluding carboxylic acids is 1. The van der Waals surface area contributed by atoms with Gasteiger partial charge in [-0.05, 0) is 30.0 Å². The van der Waals surface area contributed by atoms with Crippen molar-refractivity contribution in [3.05, 3.63) is 59.5 Å². The van der Waals surface area contributed by atoms with Gasteiger partial charge in [-0.3, -0.25) is 4.79 Å². The van der Waals surface area contributed by atoms with Crippen LogP contribution in [0.3, 0.4) is 0 Å². The first-order chi connectivity index (χ1) is 11.1. The van der Waals surface area contributed by atoms with Crippen LogP contribution < -0.4 is 5.32 Å². The molecule has 1 aliphatic rings. The lowest BCUT2D eigenvalue weighted by atomic mass is 9.79. The average molecular weight is 313 g/mol. The van der Waals surface area contributed by atoms with Crippen molar-refractivity contribution in [2.45, 2.75) is 31.7 Å². The van der Waals surface area contributed by atoms with E-state index in [9.17, 15) is 9.59 Å². The summed E-state index contributed by atoms with van der Waals surface area (Å²) in [5.74, 6) is -1.14. The van der Waals surface area contributed by atoms with Crippen molar-refractivity contribution in [1.82, 2.24) is 5.32 Å². The van der Waals surface area contributed by atoms with Crippen molar-refractivity contribution >= 4 is 11.9 Å². The van der Waals surface area contributed by atoms with Gasteiger partial charge >= 0.3 is 5.97 Å². The van der Waals surface area contributed by atoms with Crippen molar-refractivity contribution in [2.75, 3.05) is 0 Å². The van der Waals surface area contributed by atoms with E-state index in [-0.39, 0.29) is 23.5 Å². The fourth-order valence-electron chi connectivity index (χ4n) is 2.83. The molecule has 3 rings (SSSR count). The van der Waals surface area contributed by atoms with Crippen LogP contribution in [0.4, 0.5) is 0 Å². The highest BCUT2D eigenvalue weighted by Crippen LogP contribution is 2.34. The van der Waals surface area contributed by atoms with Gasteiger partial charge in [-0.1, -0.05) is 49.6 Å². The summed E-state index contributed by atoms with van der Waals surface area (Å²) in [6.45, 7) is 0. The summed E-state index contributed by atoms with van der Waals surface area (Å²) in [6, 6.07) is 12.4. The van der Waals surface area contributed by atoms with Crippen LogP contribution in [0.2, 0.25) is 0 Å². The summed E-state index contributed by atoms with van der Waals surface area (Å²) in [4.78, 5) is 23.2. The van der Waals surface area contributed by atoms with Gasteiger partial charge in [-0.2, -0.15) is 0 Å². The molecule has 2 aromatic rings. The fraction of sp³-hybridized carbons (Fsp3) is 0.333. The van der Waals surface area contributed by atoms with E-state index in [1.54, 1.807) is 0 Å². The van der Waals surface area contributed by atoms with Gasteiger partial charge in [0.1, 0.15) is 0 Å². The van der Waals surface area contributed by atoms with Gasteiger partial charge in [0.25, 0.3) is 5.91 Å². The topological polar surface area (TPSA) is 79.5 Å². The molecule has 1 aromatic carbocycles. The summed E-state index contributed by atoms with van der Waals surface area (Å²) >= 11 is 0. The van der Waals surface area contributed by atoms with E-state index in [4.69, 9.17) is 9.52 Å². The van der Waals surface area contributed by atoms with E-state index in [0.29, 0.717) is 5.92 Å². The van der Waals surface area contributed by atoms with Crippen LogP contribution in [-0.4, -0.2) is 17.0 Å². The van der Waals surface area contributed by atoms with Gasteiger partial charge in [-0.25, -0.2) is 4.79 Å². The summed E-state index contributed by atoms with van der Waals surface area (Å²) < 4.78 is 5.08. The number of carbonyl (C=O) groups is 2. The Morgan fingerprint density at radius 1 is 1.13 bits per heavy atom. The van der Waals surface area contributed by atoms with Gasteiger partial charge in [0, 0.05) is 0 Å². The third-order valence-corrected chi connectivity index (χ3v) is 4.34. The molecule has 1 unspecified atom stereocenters. The van der Waals surface area contributed by atoms with E-state index in [0.717, 1.165) is 12.0 Å². The minimum atomic E-state index is -1.18. The molecule has 1 amide bonds. The molecule has 5 nitrogen and oxygen atoms in total. The number of benzene rings is 1. The van der Waals surface area contributed by atoms with Crippen molar-refractivity contribution < 1.29 is 19.1 Å². The highest BCUT2D eigenvalue weighted by atomic mass is 16.4. The van der Waals surface area contributed by atoms with E-state index >= 15 is 0 Å². The molecule has 1 heterocycles. The Kier molecular flexibility index (Phi) is 4.46. The van der Waals surface area contributed by atoms with Crippen LogP contribution >= 0.6 is 0 Å². The number of aromatic carboxylic acids is 1. The lowest BCUT2D eigenvalue weighted by Gasteiger charge is -2.30. The normalized spacial score (nSPS) is 15.7. The van der Waals surface area contributed by atoms with E-state index in [1.807, 2.05) is 30.3 Å². The van der Waals surface area contributed by atoms with Gasteiger partial charge in [-0.15, -0.1) is 0 Å². The number of carboxylic acid groups (broad SMARTS) is 1. The Hall–Kier alpha value is -2.56. The number of nitrogens with one attached hydrogen (secondary N) is 1. The predicted octanol–water partition coefficient (Wildman–Crippen LogP) is 3.64. The van der Waals surface area contributed by atoms with Crippen molar-refractivity contribution in [3.63, 3.8) is 0 Å². The molecule has 23 heavy (non-hydrogen) atoms. The zero-order valence-corrected chi connectivity index (χ0v) is 12.7. The zero-order chi connectivity index (χ0) is 16.2.